The van der Waals surface area contributed by atoms with Crippen molar-refractivity contribution in [3.05, 3.63) is 245 Å². The maximum atomic E-state index is 13.4. The maximum Gasteiger partial charge on any atom is 0.217 e. The Morgan fingerprint density at radius 3 is 1.18 bits per heavy atom. The number of aliphatic hydroxyl groups is 3. The van der Waals surface area contributed by atoms with Crippen molar-refractivity contribution in [3.63, 3.8) is 0 Å². The van der Waals surface area contributed by atoms with Gasteiger partial charge in [0.05, 0.1) is 73.2 Å². The standard InChI is InChI=1S/C70H79NO17/c1-47(73)71-59-63(79-44-54-33-35-55(76-2)36-34-54)60(74)56(37-72)85-69(59)87-62-58(46-78-39-49-23-11-4-12-24-49)86-70(67(83-43-53-31-19-8-20-32-53)65(62)81-41-51-27-15-6-16-28-51)88-61-57(45-77-38-48-21-9-3-10-22-48)84-68(75)66(82-42-52-29-17-7-18-30-52)64(61)80-40-50-25-13-5-14-26-50/h3-36,56-70,72,74-75H,37-46H2,1-2H3,(H,71,73)/t56-,57-,58-,59-,60+,61-,62+,63-,64+,65+,66-,67-,68-,69+,70+/m1/s1. The molecule has 7 aromatic carbocycles. The van der Waals surface area contributed by atoms with E-state index in [2.05, 4.69) is 5.32 Å². The summed E-state index contributed by atoms with van der Waals surface area (Å²) in [6.45, 7) is 1.18. The first kappa shape index (κ1) is 64.2. The summed E-state index contributed by atoms with van der Waals surface area (Å²) in [5.74, 6) is 0.176. The van der Waals surface area contributed by atoms with E-state index in [1.165, 1.54) is 6.92 Å². The number of hydrogen-bond donors (Lipinski definition) is 4. The molecule has 0 aromatic heterocycles. The lowest BCUT2D eigenvalue weighted by Gasteiger charge is -2.51. The molecule has 88 heavy (non-hydrogen) atoms. The molecular formula is C70H79NO17. The van der Waals surface area contributed by atoms with Gasteiger partial charge >= 0.3 is 0 Å². The first-order valence-corrected chi connectivity index (χ1v) is 29.8. The Hall–Kier alpha value is -6.79. The van der Waals surface area contributed by atoms with Crippen molar-refractivity contribution in [2.24, 2.45) is 0 Å². The molecule has 18 nitrogen and oxygen atoms in total. The van der Waals surface area contributed by atoms with Gasteiger partial charge < -0.3 is 82.2 Å². The third-order valence-corrected chi connectivity index (χ3v) is 15.5. The van der Waals surface area contributed by atoms with Crippen LogP contribution in [-0.4, -0.2) is 140 Å². The SMILES string of the molecule is COc1ccc(CO[C@H]2[C@@H](O)[C@@H](CO)O[C@@H](O[C@@H]3[C@H](OCc4ccccc4)[C@@H](OCc4ccccc4)[C@H](O[C@H]4[C@H](OCc5ccccc5)[C@@H](OCc5ccccc5)[C@H](O)O[C@@H]4COCc4ccccc4)O[C@@H]3COCc3ccccc3)[C@@H]2NC(C)=O)cc1. The third kappa shape index (κ3) is 18.0. The normalized spacial score (nSPS) is 27.1. The van der Waals surface area contributed by atoms with Crippen molar-refractivity contribution >= 4 is 5.91 Å². The van der Waals surface area contributed by atoms with E-state index >= 15 is 0 Å². The molecule has 3 fully saturated rings. The Labute approximate surface area is 514 Å². The van der Waals surface area contributed by atoms with Crippen LogP contribution in [0.4, 0.5) is 0 Å². The van der Waals surface area contributed by atoms with Gasteiger partial charge in [0, 0.05) is 6.92 Å². The predicted octanol–water partition coefficient (Wildman–Crippen LogP) is 8.15. The number of benzene rings is 7. The van der Waals surface area contributed by atoms with Gasteiger partial charge in [-0.05, 0) is 51.1 Å². The van der Waals surface area contributed by atoms with Crippen LogP contribution in [0.25, 0.3) is 0 Å². The molecule has 3 saturated heterocycles. The molecule has 0 aliphatic carbocycles. The summed E-state index contributed by atoms with van der Waals surface area (Å²) in [5.41, 5.74) is 5.91. The Kier molecular flexibility index (Phi) is 24.2. The number of carbonyl (C=O) groups excluding carboxylic acids is 1. The molecule has 0 bridgehead atoms. The van der Waals surface area contributed by atoms with E-state index < -0.39 is 105 Å². The number of ether oxygens (including phenoxy) is 13. The molecule has 18 heteroatoms. The fraction of sp³-hybridized carbons (Fsp3) is 0.386. The van der Waals surface area contributed by atoms with Crippen molar-refractivity contribution in [2.45, 2.75) is 145 Å². The second kappa shape index (κ2) is 33.2. The van der Waals surface area contributed by atoms with E-state index in [0.717, 1.165) is 38.9 Å². The average molecular weight is 1210 g/mol. The zero-order valence-corrected chi connectivity index (χ0v) is 49.4. The minimum absolute atomic E-state index is 0.000797. The number of nitrogens with one attached hydrogen (secondary N) is 1. The predicted molar refractivity (Wildman–Crippen MR) is 322 cm³/mol. The van der Waals surface area contributed by atoms with Gasteiger partial charge in [-0.25, -0.2) is 0 Å². The molecule has 466 valence electrons. The van der Waals surface area contributed by atoms with Crippen molar-refractivity contribution in [2.75, 3.05) is 26.9 Å². The topological polar surface area (TPSA) is 210 Å². The zero-order chi connectivity index (χ0) is 60.9. The fourth-order valence-electron chi connectivity index (χ4n) is 11.0. The lowest BCUT2D eigenvalue weighted by atomic mass is 9.94. The maximum absolute atomic E-state index is 13.4. The molecule has 4 N–H and O–H groups in total. The molecule has 0 unspecified atom stereocenters. The van der Waals surface area contributed by atoms with Crippen LogP contribution in [0.15, 0.2) is 206 Å². The fourth-order valence-corrected chi connectivity index (χ4v) is 11.0. The molecule has 3 heterocycles. The van der Waals surface area contributed by atoms with Crippen LogP contribution < -0.4 is 10.1 Å². The molecule has 3 aliphatic heterocycles. The molecule has 0 spiro atoms. The Bertz CT molecular complexity index is 3090. The molecule has 10 rings (SSSR count). The van der Waals surface area contributed by atoms with Crippen LogP contribution in [0.2, 0.25) is 0 Å². The van der Waals surface area contributed by atoms with Gasteiger partial charge in [-0.1, -0.05) is 194 Å². The highest BCUT2D eigenvalue weighted by Gasteiger charge is 2.56. The smallest absolute Gasteiger partial charge is 0.217 e. The Balaban J connectivity index is 1.06. The summed E-state index contributed by atoms with van der Waals surface area (Å²) in [6, 6.07) is 63.9. The van der Waals surface area contributed by atoms with Crippen molar-refractivity contribution in [1.82, 2.24) is 5.32 Å². The second-order valence-corrected chi connectivity index (χ2v) is 21.9. The Morgan fingerprint density at radius 1 is 0.409 bits per heavy atom. The summed E-state index contributed by atoms with van der Waals surface area (Å²) in [4.78, 5) is 13.4. The van der Waals surface area contributed by atoms with E-state index in [-0.39, 0.29) is 59.5 Å². The number of hydrogen-bond acceptors (Lipinski definition) is 17. The molecule has 7 aromatic rings. The highest BCUT2D eigenvalue weighted by atomic mass is 16.8. The van der Waals surface area contributed by atoms with Crippen LogP contribution in [0.3, 0.4) is 0 Å². The first-order valence-electron chi connectivity index (χ1n) is 29.8. The molecule has 15 atom stereocenters. The van der Waals surface area contributed by atoms with Crippen molar-refractivity contribution in [3.8, 4) is 5.75 Å². The number of amides is 1. The van der Waals surface area contributed by atoms with Gasteiger partial charge in [0.1, 0.15) is 78.9 Å². The van der Waals surface area contributed by atoms with Gasteiger partial charge in [0.2, 0.25) is 5.91 Å². The minimum Gasteiger partial charge on any atom is -0.497 e. The van der Waals surface area contributed by atoms with Crippen molar-refractivity contribution < 1.29 is 81.7 Å². The summed E-state index contributed by atoms with van der Waals surface area (Å²) < 4.78 is 88.0. The largest absolute Gasteiger partial charge is 0.497 e. The lowest BCUT2D eigenvalue weighted by Crippen LogP contribution is -2.69. The second-order valence-electron chi connectivity index (χ2n) is 21.9. The van der Waals surface area contributed by atoms with Crippen LogP contribution in [0.1, 0.15) is 45.9 Å². The first-order chi connectivity index (χ1) is 43.2. The van der Waals surface area contributed by atoms with Gasteiger partial charge in [0.25, 0.3) is 0 Å². The molecule has 0 radical (unpaired) electrons. The molecule has 3 aliphatic rings. The van der Waals surface area contributed by atoms with Crippen LogP contribution >= 0.6 is 0 Å². The van der Waals surface area contributed by atoms with Gasteiger partial charge in [-0.2, -0.15) is 0 Å². The number of rotatable bonds is 30. The monoisotopic (exact) mass is 1210 g/mol. The van der Waals surface area contributed by atoms with E-state index in [4.69, 9.17) is 61.6 Å². The van der Waals surface area contributed by atoms with Crippen LogP contribution in [-0.2, 0) is 108 Å². The molecule has 0 saturated carbocycles. The number of carbonyl (C=O) groups is 1. The Morgan fingerprint density at radius 2 is 0.761 bits per heavy atom. The van der Waals surface area contributed by atoms with Gasteiger partial charge in [-0.3, -0.25) is 4.79 Å². The van der Waals surface area contributed by atoms with E-state index in [1.807, 2.05) is 194 Å². The quantitative estimate of drug-likeness (QED) is 0.0335. The molecular weight excluding hydrogens is 1130 g/mol. The van der Waals surface area contributed by atoms with Gasteiger partial charge in [-0.15, -0.1) is 0 Å². The van der Waals surface area contributed by atoms with Crippen molar-refractivity contribution in [1.29, 1.82) is 0 Å². The average Bonchev–Trinajstić information content (AvgIpc) is 1.10. The zero-order valence-electron chi connectivity index (χ0n) is 49.4. The lowest BCUT2D eigenvalue weighted by molar-refractivity contribution is -0.386. The minimum atomic E-state index is -1.51. The van der Waals surface area contributed by atoms with E-state index in [0.29, 0.717) is 5.75 Å². The van der Waals surface area contributed by atoms with Crippen LogP contribution in [0.5, 0.6) is 5.75 Å². The highest BCUT2D eigenvalue weighted by molar-refractivity contribution is 5.73. The van der Waals surface area contributed by atoms with E-state index in [9.17, 15) is 20.1 Å². The summed E-state index contributed by atoms with van der Waals surface area (Å²) >= 11 is 0. The molecule has 1 amide bonds. The summed E-state index contributed by atoms with van der Waals surface area (Å²) in [7, 11) is 1.57. The number of aliphatic hydroxyl groups excluding tert-OH is 3. The summed E-state index contributed by atoms with van der Waals surface area (Å²) in [6.07, 6.45) is -17.1. The highest BCUT2D eigenvalue weighted by Crippen LogP contribution is 2.38. The van der Waals surface area contributed by atoms with E-state index in [1.54, 1.807) is 19.2 Å². The summed E-state index contributed by atoms with van der Waals surface area (Å²) in [5, 5.41) is 37.9. The third-order valence-electron chi connectivity index (χ3n) is 15.5. The van der Waals surface area contributed by atoms with Gasteiger partial charge in [0.15, 0.2) is 18.9 Å². The number of methoxy groups -OCH3 is 1. The van der Waals surface area contributed by atoms with Crippen LogP contribution in [0, 0.1) is 0 Å².